The van der Waals surface area contributed by atoms with E-state index in [0.717, 1.165) is 0 Å². The molecule has 0 spiro atoms. The summed E-state index contributed by atoms with van der Waals surface area (Å²) in [6.45, 7) is 0. The lowest BCUT2D eigenvalue weighted by Crippen LogP contribution is -2.13. The molecule has 0 unspecified atom stereocenters. The van der Waals surface area contributed by atoms with E-state index in [1.54, 1.807) is 35.9 Å². The van der Waals surface area contributed by atoms with Crippen molar-refractivity contribution < 1.29 is 18.7 Å². The molecule has 0 saturated heterocycles. The smallest absolute Gasteiger partial charge is 0.275 e. The van der Waals surface area contributed by atoms with Crippen LogP contribution in [0, 0.1) is 0 Å². The van der Waals surface area contributed by atoms with Gasteiger partial charge in [-0.25, -0.2) is 4.98 Å². The van der Waals surface area contributed by atoms with Gasteiger partial charge in [0.15, 0.2) is 10.8 Å². The highest BCUT2D eigenvalue weighted by Crippen LogP contribution is 2.36. The van der Waals surface area contributed by atoms with Crippen molar-refractivity contribution in [3.05, 3.63) is 46.6 Å². The second kappa shape index (κ2) is 6.94. The monoisotopic (exact) mass is 364 g/mol. The van der Waals surface area contributed by atoms with Gasteiger partial charge < -0.3 is 19.2 Å². The topological polar surface area (TPSA) is 73.6 Å². The molecule has 0 bridgehead atoms. The second-order valence-electron chi connectivity index (χ2n) is 4.66. The predicted octanol–water partition coefficient (Wildman–Crippen LogP) is 4.33. The van der Waals surface area contributed by atoms with Crippen LogP contribution in [-0.4, -0.2) is 25.1 Å². The van der Waals surface area contributed by atoms with E-state index in [2.05, 4.69) is 10.3 Å². The highest BCUT2D eigenvalue weighted by Gasteiger charge is 2.17. The van der Waals surface area contributed by atoms with Gasteiger partial charge in [-0.15, -0.1) is 11.3 Å². The molecule has 0 fully saturated rings. The molecule has 0 aliphatic carbocycles. The largest absolute Gasteiger partial charge is 0.495 e. The van der Waals surface area contributed by atoms with E-state index in [0.29, 0.717) is 33.0 Å². The maximum Gasteiger partial charge on any atom is 0.275 e. The molecule has 0 aliphatic rings. The number of halogens is 1. The minimum absolute atomic E-state index is 0.278. The number of aromatic nitrogens is 1. The molecular formula is C16H13ClN2O4S. The number of carbonyl (C=O) groups is 1. The Hall–Kier alpha value is -2.51. The van der Waals surface area contributed by atoms with Crippen molar-refractivity contribution in [1.29, 1.82) is 0 Å². The van der Waals surface area contributed by atoms with Crippen LogP contribution >= 0.6 is 22.9 Å². The molecule has 0 atom stereocenters. The first-order chi connectivity index (χ1) is 11.6. The third-order valence-corrected chi connectivity index (χ3v) is 4.34. The molecule has 0 radical (unpaired) electrons. The summed E-state index contributed by atoms with van der Waals surface area (Å²) in [5.41, 5.74) is 0.709. The van der Waals surface area contributed by atoms with Crippen LogP contribution in [0.1, 0.15) is 10.5 Å². The summed E-state index contributed by atoms with van der Waals surface area (Å²) in [5.74, 6) is 1.14. The van der Waals surface area contributed by atoms with Gasteiger partial charge in [-0.1, -0.05) is 11.6 Å². The Morgan fingerprint density at radius 3 is 2.75 bits per heavy atom. The zero-order valence-electron chi connectivity index (χ0n) is 12.8. The summed E-state index contributed by atoms with van der Waals surface area (Å²) in [5, 5.41) is 5.39. The molecule has 3 rings (SSSR count). The molecule has 1 amide bonds. The maximum atomic E-state index is 12.4. The normalized spacial score (nSPS) is 10.5. The van der Waals surface area contributed by atoms with Crippen LogP contribution in [0.3, 0.4) is 0 Å². The number of furan rings is 1. The number of methoxy groups -OCH3 is 2. The molecular weight excluding hydrogens is 352 g/mol. The fourth-order valence-electron chi connectivity index (χ4n) is 2.04. The molecule has 124 valence electrons. The zero-order valence-corrected chi connectivity index (χ0v) is 14.4. The number of carbonyl (C=O) groups excluding carboxylic acids is 1. The first-order valence-electron chi connectivity index (χ1n) is 6.84. The van der Waals surface area contributed by atoms with Crippen molar-refractivity contribution in [2.75, 3.05) is 19.5 Å². The Balaban J connectivity index is 1.83. The van der Waals surface area contributed by atoms with Gasteiger partial charge in [0.2, 0.25) is 0 Å². The predicted molar refractivity (Wildman–Crippen MR) is 92.3 cm³/mol. The van der Waals surface area contributed by atoms with Crippen LogP contribution in [0.5, 0.6) is 11.5 Å². The van der Waals surface area contributed by atoms with Crippen LogP contribution < -0.4 is 14.8 Å². The lowest BCUT2D eigenvalue weighted by Gasteiger charge is -2.12. The third-order valence-electron chi connectivity index (χ3n) is 3.19. The van der Waals surface area contributed by atoms with E-state index in [1.165, 1.54) is 25.6 Å². The van der Waals surface area contributed by atoms with Crippen molar-refractivity contribution in [1.82, 2.24) is 4.98 Å². The van der Waals surface area contributed by atoms with Gasteiger partial charge in [0.05, 0.1) is 31.2 Å². The molecule has 2 aromatic heterocycles. The summed E-state index contributed by atoms with van der Waals surface area (Å²) < 4.78 is 15.7. The number of hydrogen-bond donors (Lipinski definition) is 1. The standard InChI is InChI=1S/C16H13ClN2O4S/c1-21-13-7-14(22-2)10(6-9(13)17)18-15(20)11-8-24-16(19-11)12-4-3-5-23-12/h3-8H,1-2H3,(H,18,20). The first-order valence-corrected chi connectivity index (χ1v) is 8.10. The number of anilines is 1. The van der Waals surface area contributed by atoms with Crippen molar-refractivity contribution >= 4 is 34.5 Å². The number of nitrogens with one attached hydrogen (secondary N) is 1. The molecule has 6 nitrogen and oxygen atoms in total. The van der Waals surface area contributed by atoms with E-state index in [4.69, 9.17) is 25.5 Å². The first kappa shape index (κ1) is 16.4. The molecule has 3 aromatic rings. The average molecular weight is 365 g/mol. The van der Waals surface area contributed by atoms with Crippen molar-refractivity contribution in [3.63, 3.8) is 0 Å². The molecule has 0 saturated carbocycles. The zero-order chi connectivity index (χ0) is 17.1. The van der Waals surface area contributed by atoms with Crippen LogP contribution in [0.15, 0.2) is 40.3 Å². The number of amides is 1. The number of benzene rings is 1. The quantitative estimate of drug-likeness (QED) is 0.729. The van der Waals surface area contributed by atoms with E-state index < -0.39 is 0 Å². The Bertz CT molecular complexity index is 861. The van der Waals surface area contributed by atoms with E-state index in [-0.39, 0.29) is 11.6 Å². The number of rotatable bonds is 5. The number of thiazole rings is 1. The van der Waals surface area contributed by atoms with Crippen molar-refractivity contribution in [2.24, 2.45) is 0 Å². The number of ether oxygens (including phenoxy) is 2. The van der Waals surface area contributed by atoms with Gasteiger partial charge in [-0.05, 0) is 18.2 Å². The summed E-state index contributed by atoms with van der Waals surface area (Å²) >= 11 is 7.42. The van der Waals surface area contributed by atoms with E-state index in [9.17, 15) is 4.79 Å². The number of hydrogen-bond acceptors (Lipinski definition) is 6. The fraction of sp³-hybridized carbons (Fsp3) is 0.125. The highest BCUT2D eigenvalue weighted by atomic mass is 35.5. The summed E-state index contributed by atoms with van der Waals surface area (Å²) in [6.07, 6.45) is 1.56. The molecule has 2 heterocycles. The van der Waals surface area contributed by atoms with Crippen LogP contribution in [0.25, 0.3) is 10.8 Å². The Morgan fingerprint density at radius 1 is 1.29 bits per heavy atom. The van der Waals surface area contributed by atoms with Crippen molar-refractivity contribution in [3.8, 4) is 22.3 Å². The van der Waals surface area contributed by atoms with E-state index >= 15 is 0 Å². The SMILES string of the molecule is COc1cc(OC)c(NC(=O)c2csc(-c3ccco3)n2)cc1Cl. The molecule has 0 aliphatic heterocycles. The Kier molecular flexibility index (Phi) is 4.73. The summed E-state index contributed by atoms with van der Waals surface area (Å²) in [7, 11) is 3.00. The lowest BCUT2D eigenvalue weighted by molar-refractivity contribution is 0.102. The van der Waals surface area contributed by atoms with Crippen LogP contribution in [0.4, 0.5) is 5.69 Å². The second-order valence-corrected chi connectivity index (χ2v) is 5.92. The third kappa shape index (κ3) is 3.22. The van der Waals surface area contributed by atoms with Gasteiger partial charge >= 0.3 is 0 Å². The molecule has 1 N–H and O–H groups in total. The number of nitrogens with zero attached hydrogens (tertiary/aromatic N) is 1. The summed E-state index contributed by atoms with van der Waals surface area (Å²) in [6, 6.07) is 6.72. The van der Waals surface area contributed by atoms with Crippen molar-refractivity contribution in [2.45, 2.75) is 0 Å². The van der Waals surface area contributed by atoms with E-state index in [1.807, 2.05) is 0 Å². The van der Waals surface area contributed by atoms with Gasteiger partial charge in [-0.2, -0.15) is 0 Å². The van der Waals surface area contributed by atoms with Gasteiger partial charge in [0, 0.05) is 11.4 Å². The average Bonchev–Trinajstić information content (AvgIpc) is 3.26. The van der Waals surface area contributed by atoms with Gasteiger partial charge in [0.25, 0.3) is 5.91 Å². The lowest BCUT2D eigenvalue weighted by atomic mass is 10.2. The minimum atomic E-state index is -0.372. The van der Waals surface area contributed by atoms with Crippen LogP contribution in [-0.2, 0) is 0 Å². The van der Waals surface area contributed by atoms with Crippen LogP contribution in [0.2, 0.25) is 5.02 Å². The molecule has 24 heavy (non-hydrogen) atoms. The maximum absolute atomic E-state index is 12.4. The molecule has 1 aromatic carbocycles. The fourth-order valence-corrected chi connectivity index (χ4v) is 3.04. The minimum Gasteiger partial charge on any atom is -0.495 e. The Labute approximate surface area is 147 Å². The van der Waals surface area contributed by atoms with Gasteiger partial charge in [0.1, 0.15) is 17.2 Å². The Morgan fingerprint density at radius 2 is 2.08 bits per heavy atom. The summed E-state index contributed by atoms with van der Waals surface area (Å²) in [4.78, 5) is 16.7. The molecule has 8 heteroatoms. The van der Waals surface area contributed by atoms with Gasteiger partial charge in [-0.3, -0.25) is 4.79 Å². The highest BCUT2D eigenvalue weighted by molar-refractivity contribution is 7.13.